The van der Waals surface area contributed by atoms with Gasteiger partial charge in [-0.3, -0.25) is 9.78 Å². The summed E-state index contributed by atoms with van der Waals surface area (Å²) in [5.74, 6) is 0.00820. The minimum atomic E-state index is -4.19. The first-order chi connectivity index (χ1) is 16.2. The molecule has 178 valence electrons. The standard InChI is InChI=1S/C23H23ClN4O5S/c1-25-23(30)28-34(31,32)21-13-15(6-8-17(21)19-5-3-4-11-26-19)10-12-27-22(29)18-14-16(24)7-9-20(18)33-2/h3-9,11,13-14H,10,12H2,1-2H3,(H,27,29)(H2,25,28,30). The van der Waals surface area contributed by atoms with Crippen molar-refractivity contribution in [1.82, 2.24) is 20.3 Å². The maximum absolute atomic E-state index is 12.9. The number of amides is 3. The molecule has 3 amide bonds. The zero-order valence-corrected chi connectivity index (χ0v) is 20.0. The van der Waals surface area contributed by atoms with E-state index in [1.165, 1.54) is 26.3 Å². The molecule has 0 bridgehead atoms. The van der Waals surface area contributed by atoms with Crippen molar-refractivity contribution in [3.05, 3.63) is 76.9 Å². The summed E-state index contributed by atoms with van der Waals surface area (Å²) in [7, 11) is -1.42. The van der Waals surface area contributed by atoms with E-state index in [1.807, 2.05) is 4.72 Å². The van der Waals surface area contributed by atoms with Crippen LogP contribution < -0.4 is 20.1 Å². The fraction of sp³-hybridized carbons (Fsp3) is 0.174. The molecule has 0 aliphatic rings. The van der Waals surface area contributed by atoms with Crippen LogP contribution in [0, 0.1) is 0 Å². The van der Waals surface area contributed by atoms with E-state index in [9.17, 15) is 18.0 Å². The number of ether oxygens (including phenoxy) is 1. The molecule has 9 nitrogen and oxygen atoms in total. The number of halogens is 1. The molecule has 0 aliphatic heterocycles. The molecule has 11 heteroatoms. The van der Waals surface area contributed by atoms with E-state index >= 15 is 0 Å². The summed E-state index contributed by atoms with van der Waals surface area (Å²) >= 11 is 5.99. The van der Waals surface area contributed by atoms with E-state index < -0.39 is 16.1 Å². The molecule has 1 heterocycles. The Morgan fingerprint density at radius 2 is 1.88 bits per heavy atom. The van der Waals surface area contributed by atoms with E-state index in [1.54, 1.807) is 48.7 Å². The van der Waals surface area contributed by atoms with Crippen molar-refractivity contribution in [3.63, 3.8) is 0 Å². The highest BCUT2D eigenvalue weighted by molar-refractivity contribution is 7.90. The lowest BCUT2D eigenvalue weighted by Gasteiger charge is -2.14. The van der Waals surface area contributed by atoms with Gasteiger partial charge in [-0.2, -0.15) is 0 Å². The van der Waals surface area contributed by atoms with Gasteiger partial charge >= 0.3 is 6.03 Å². The van der Waals surface area contributed by atoms with Gasteiger partial charge in [0.25, 0.3) is 15.9 Å². The van der Waals surface area contributed by atoms with Gasteiger partial charge in [0.15, 0.2) is 0 Å². The number of methoxy groups -OCH3 is 1. The maximum atomic E-state index is 12.9. The first-order valence-corrected chi connectivity index (χ1v) is 12.0. The van der Waals surface area contributed by atoms with Gasteiger partial charge in [0, 0.05) is 30.4 Å². The molecule has 0 spiro atoms. The van der Waals surface area contributed by atoms with E-state index in [4.69, 9.17) is 16.3 Å². The molecule has 0 atom stereocenters. The molecule has 3 rings (SSSR count). The van der Waals surface area contributed by atoms with Gasteiger partial charge in [-0.25, -0.2) is 17.9 Å². The first-order valence-electron chi connectivity index (χ1n) is 10.2. The molecule has 3 N–H and O–H groups in total. The topological polar surface area (TPSA) is 126 Å². The number of rotatable bonds is 8. The average Bonchev–Trinajstić information content (AvgIpc) is 2.84. The summed E-state index contributed by atoms with van der Waals surface area (Å²) < 4.78 is 33.0. The van der Waals surface area contributed by atoms with Crippen LogP contribution in [-0.2, 0) is 16.4 Å². The van der Waals surface area contributed by atoms with Gasteiger partial charge < -0.3 is 15.4 Å². The summed E-state index contributed by atoms with van der Waals surface area (Å²) in [6, 6.07) is 13.8. The highest BCUT2D eigenvalue weighted by Crippen LogP contribution is 2.27. The van der Waals surface area contributed by atoms with Crippen LogP contribution in [0.3, 0.4) is 0 Å². The number of hydrogen-bond donors (Lipinski definition) is 3. The van der Waals surface area contributed by atoms with E-state index in [2.05, 4.69) is 15.6 Å². The van der Waals surface area contributed by atoms with Gasteiger partial charge in [0.1, 0.15) is 5.75 Å². The Hall–Kier alpha value is -3.63. The molecule has 0 fully saturated rings. The molecule has 34 heavy (non-hydrogen) atoms. The average molecular weight is 503 g/mol. The highest BCUT2D eigenvalue weighted by atomic mass is 35.5. The smallest absolute Gasteiger partial charge is 0.328 e. The molecule has 2 aromatic carbocycles. The summed E-state index contributed by atoms with van der Waals surface area (Å²) in [6.07, 6.45) is 1.88. The fourth-order valence-corrected chi connectivity index (χ4v) is 4.58. The number of nitrogens with zero attached hydrogens (tertiary/aromatic N) is 1. The van der Waals surface area contributed by atoms with Crippen LogP contribution >= 0.6 is 11.6 Å². The SMILES string of the molecule is CNC(=O)NS(=O)(=O)c1cc(CCNC(=O)c2cc(Cl)ccc2OC)ccc1-c1ccccn1. The Labute approximate surface area is 202 Å². The number of nitrogens with one attached hydrogen (secondary N) is 3. The molecule has 3 aromatic rings. The second-order valence-corrected chi connectivity index (χ2v) is 9.17. The zero-order valence-electron chi connectivity index (χ0n) is 18.5. The van der Waals surface area contributed by atoms with Gasteiger partial charge in [-0.1, -0.05) is 29.8 Å². The fourth-order valence-electron chi connectivity index (χ4n) is 3.18. The van der Waals surface area contributed by atoms with E-state index in [-0.39, 0.29) is 17.3 Å². The van der Waals surface area contributed by atoms with Gasteiger partial charge in [0.2, 0.25) is 0 Å². The number of sulfonamides is 1. The second kappa shape index (κ2) is 11.0. The molecular weight excluding hydrogens is 480 g/mol. The van der Waals surface area contributed by atoms with Crippen LogP contribution in [-0.4, -0.2) is 46.0 Å². The third-order valence-corrected chi connectivity index (χ3v) is 6.44. The Balaban J connectivity index is 1.84. The summed E-state index contributed by atoms with van der Waals surface area (Å²) in [5.41, 5.74) is 1.70. The predicted molar refractivity (Wildman–Crippen MR) is 128 cm³/mol. The third kappa shape index (κ3) is 6.03. The lowest BCUT2D eigenvalue weighted by Crippen LogP contribution is -2.37. The van der Waals surface area contributed by atoms with Crippen molar-refractivity contribution in [1.29, 1.82) is 0 Å². The van der Waals surface area contributed by atoms with Crippen LogP contribution in [0.2, 0.25) is 5.02 Å². The normalized spacial score (nSPS) is 10.9. The third-order valence-electron chi connectivity index (χ3n) is 4.84. The largest absolute Gasteiger partial charge is 0.496 e. The molecule has 0 saturated carbocycles. The van der Waals surface area contributed by atoms with Gasteiger partial charge in [-0.15, -0.1) is 0 Å². The quantitative estimate of drug-likeness (QED) is 0.434. The van der Waals surface area contributed by atoms with Crippen molar-refractivity contribution in [3.8, 4) is 17.0 Å². The number of hydrogen-bond acceptors (Lipinski definition) is 6. The second-order valence-electron chi connectivity index (χ2n) is 7.08. The molecule has 0 unspecified atom stereocenters. The van der Waals surface area contributed by atoms with Crippen LogP contribution in [0.5, 0.6) is 5.75 Å². The zero-order chi connectivity index (χ0) is 24.7. The maximum Gasteiger partial charge on any atom is 0.328 e. The van der Waals surface area contributed by atoms with Crippen molar-refractivity contribution in [2.45, 2.75) is 11.3 Å². The van der Waals surface area contributed by atoms with Gasteiger partial charge in [0.05, 0.1) is 23.3 Å². The van der Waals surface area contributed by atoms with Crippen molar-refractivity contribution >= 4 is 33.6 Å². The molecule has 1 aromatic heterocycles. The number of benzene rings is 2. The minimum Gasteiger partial charge on any atom is -0.496 e. The summed E-state index contributed by atoms with van der Waals surface area (Å²) in [6.45, 7) is 0.222. The van der Waals surface area contributed by atoms with Crippen LogP contribution in [0.15, 0.2) is 65.7 Å². The highest BCUT2D eigenvalue weighted by Gasteiger charge is 2.23. The molecule has 0 saturated heterocycles. The Bertz CT molecular complexity index is 1300. The number of urea groups is 1. The van der Waals surface area contributed by atoms with Crippen LogP contribution in [0.4, 0.5) is 4.79 Å². The van der Waals surface area contributed by atoms with Crippen molar-refractivity contribution < 1.29 is 22.7 Å². The lowest BCUT2D eigenvalue weighted by atomic mass is 10.1. The van der Waals surface area contributed by atoms with Crippen LogP contribution in [0.25, 0.3) is 11.3 Å². The lowest BCUT2D eigenvalue weighted by molar-refractivity contribution is 0.0951. The number of carbonyl (C=O) groups excluding carboxylic acids is 2. The Kier molecular flexibility index (Phi) is 8.08. The van der Waals surface area contributed by atoms with E-state index in [0.717, 1.165) is 0 Å². The summed E-state index contributed by atoms with van der Waals surface area (Å²) in [5, 5.41) is 5.40. The summed E-state index contributed by atoms with van der Waals surface area (Å²) in [4.78, 5) is 28.4. The number of carbonyl (C=O) groups is 2. The number of pyridine rings is 1. The van der Waals surface area contributed by atoms with E-state index in [0.29, 0.717) is 39.6 Å². The molecular formula is C23H23ClN4O5S. The first kappa shape index (κ1) is 25.0. The Morgan fingerprint density at radius 1 is 1.09 bits per heavy atom. The predicted octanol–water partition coefficient (Wildman–Crippen LogP) is 3.00. The number of aromatic nitrogens is 1. The molecule has 0 radical (unpaired) electrons. The van der Waals surface area contributed by atoms with Gasteiger partial charge in [-0.05, 0) is 48.4 Å². The Morgan fingerprint density at radius 3 is 2.56 bits per heavy atom. The minimum absolute atomic E-state index is 0.102. The molecule has 0 aliphatic carbocycles. The van der Waals surface area contributed by atoms with Crippen LogP contribution in [0.1, 0.15) is 15.9 Å². The van der Waals surface area contributed by atoms with Crippen molar-refractivity contribution in [2.75, 3.05) is 20.7 Å². The van der Waals surface area contributed by atoms with Crippen molar-refractivity contribution in [2.24, 2.45) is 0 Å². The monoisotopic (exact) mass is 502 g/mol.